The summed E-state index contributed by atoms with van der Waals surface area (Å²) in [6.07, 6.45) is 0. The van der Waals surface area contributed by atoms with Crippen molar-refractivity contribution in [1.82, 2.24) is 15.5 Å². The highest BCUT2D eigenvalue weighted by Crippen LogP contribution is 2.27. The minimum atomic E-state index is 0.559. The molecular formula is C11H12BrN3O. The first-order chi connectivity index (χ1) is 7.72. The molecule has 0 unspecified atom stereocenters. The molecule has 1 heterocycles. The topological polar surface area (TPSA) is 51.0 Å². The van der Waals surface area contributed by atoms with Crippen molar-refractivity contribution in [2.24, 2.45) is 0 Å². The van der Waals surface area contributed by atoms with Crippen LogP contribution in [0.25, 0.3) is 11.5 Å². The Bertz CT molecular complexity index is 496. The molecule has 1 N–H and O–H groups in total. The summed E-state index contributed by atoms with van der Waals surface area (Å²) in [6.45, 7) is 2.62. The SMILES string of the molecule is CNCc1noc(-c2cccc(Br)c2C)n1. The van der Waals surface area contributed by atoms with Crippen LogP contribution in [0.4, 0.5) is 0 Å². The minimum absolute atomic E-state index is 0.559. The summed E-state index contributed by atoms with van der Waals surface area (Å²) >= 11 is 3.48. The van der Waals surface area contributed by atoms with Crippen LogP contribution >= 0.6 is 15.9 Å². The fraction of sp³-hybridized carbons (Fsp3) is 0.273. The van der Waals surface area contributed by atoms with Gasteiger partial charge in [0.2, 0.25) is 0 Å². The Labute approximate surface area is 102 Å². The molecule has 0 spiro atoms. The maximum absolute atomic E-state index is 5.22. The minimum Gasteiger partial charge on any atom is -0.334 e. The smallest absolute Gasteiger partial charge is 0.258 e. The average molecular weight is 282 g/mol. The van der Waals surface area contributed by atoms with E-state index >= 15 is 0 Å². The lowest BCUT2D eigenvalue weighted by Crippen LogP contribution is -2.06. The molecule has 5 heteroatoms. The van der Waals surface area contributed by atoms with Crippen molar-refractivity contribution in [3.05, 3.63) is 34.1 Å². The lowest BCUT2D eigenvalue weighted by molar-refractivity contribution is 0.420. The van der Waals surface area contributed by atoms with E-state index in [9.17, 15) is 0 Å². The first-order valence-electron chi connectivity index (χ1n) is 4.95. The van der Waals surface area contributed by atoms with E-state index in [2.05, 4.69) is 31.4 Å². The standard InChI is InChI=1S/C11H12BrN3O/c1-7-8(4-3-5-9(7)12)11-14-10(6-13-2)15-16-11/h3-5,13H,6H2,1-2H3. The van der Waals surface area contributed by atoms with Crippen molar-refractivity contribution in [2.45, 2.75) is 13.5 Å². The number of nitrogens with one attached hydrogen (secondary N) is 1. The van der Waals surface area contributed by atoms with Crippen LogP contribution in [-0.4, -0.2) is 17.2 Å². The Morgan fingerprint density at radius 2 is 2.25 bits per heavy atom. The third-order valence-corrected chi connectivity index (χ3v) is 3.16. The molecule has 0 aliphatic heterocycles. The van der Waals surface area contributed by atoms with Crippen molar-refractivity contribution in [2.75, 3.05) is 7.05 Å². The first-order valence-corrected chi connectivity index (χ1v) is 5.74. The highest BCUT2D eigenvalue weighted by atomic mass is 79.9. The van der Waals surface area contributed by atoms with Gasteiger partial charge in [0.1, 0.15) is 0 Å². The number of halogens is 1. The van der Waals surface area contributed by atoms with Gasteiger partial charge in [-0.25, -0.2) is 0 Å². The van der Waals surface area contributed by atoms with Gasteiger partial charge < -0.3 is 9.84 Å². The van der Waals surface area contributed by atoms with Crippen LogP contribution in [0.2, 0.25) is 0 Å². The fourth-order valence-corrected chi connectivity index (χ4v) is 1.80. The molecule has 0 fully saturated rings. The number of rotatable bonds is 3. The Morgan fingerprint density at radius 3 is 3.00 bits per heavy atom. The zero-order valence-corrected chi connectivity index (χ0v) is 10.7. The third-order valence-electron chi connectivity index (χ3n) is 2.30. The summed E-state index contributed by atoms with van der Waals surface area (Å²) in [7, 11) is 1.85. The molecule has 0 atom stereocenters. The Kier molecular flexibility index (Phi) is 3.36. The maximum atomic E-state index is 5.22. The number of aromatic nitrogens is 2. The van der Waals surface area contributed by atoms with Gasteiger partial charge in [0.15, 0.2) is 5.82 Å². The quantitative estimate of drug-likeness (QED) is 0.939. The fourth-order valence-electron chi connectivity index (χ4n) is 1.43. The molecular weight excluding hydrogens is 270 g/mol. The molecule has 1 aromatic carbocycles. The summed E-state index contributed by atoms with van der Waals surface area (Å²) in [6, 6.07) is 5.91. The molecule has 16 heavy (non-hydrogen) atoms. The van der Waals surface area contributed by atoms with Crippen LogP contribution in [-0.2, 0) is 6.54 Å². The lowest BCUT2D eigenvalue weighted by atomic mass is 10.1. The molecule has 2 rings (SSSR count). The van der Waals surface area contributed by atoms with Crippen LogP contribution in [0.3, 0.4) is 0 Å². The van der Waals surface area contributed by atoms with Gasteiger partial charge in [-0.2, -0.15) is 4.98 Å². The normalized spacial score (nSPS) is 10.7. The van der Waals surface area contributed by atoms with E-state index in [-0.39, 0.29) is 0 Å². The van der Waals surface area contributed by atoms with E-state index in [0.29, 0.717) is 18.3 Å². The van der Waals surface area contributed by atoms with Crippen LogP contribution in [0.5, 0.6) is 0 Å². The van der Waals surface area contributed by atoms with Crippen LogP contribution in [0, 0.1) is 6.92 Å². The van der Waals surface area contributed by atoms with Crippen LogP contribution in [0.15, 0.2) is 27.2 Å². The molecule has 1 aromatic heterocycles. The Balaban J connectivity index is 2.39. The Hall–Kier alpha value is -1.20. The molecule has 0 bridgehead atoms. The number of hydrogen-bond acceptors (Lipinski definition) is 4. The van der Waals surface area contributed by atoms with Gasteiger partial charge in [-0.3, -0.25) is 0 Å². The van der Waals surface area contributed by atoms with Crippen molar-refractivity contribution in [3.8, 4) is 11.5 Å². The molecule has 0 radical (unpaired) electrons. The van der Waals surface area contributed by atoms with Gasteiger partial charge in [0.05, 0.1) is 6.54 Å². The second kappa shape index (κ2) is 4.76. The molecule has 0 saturated heterocycles. The predicted octanol–water partition coefficient (Wildman–Crippen LogP) is 2.53. The van der Waals surface area contributed by atoms with Crippen LogP contribution in [0.1, 0.15) is 11.4 Å². The second-order valence-electron chi connectivity index (χ2n) is 3.46. The van der Waals surface area contributed by atoms with E-state index in [0.717, 1.165) is 15.6 Å². The average Bonchev–Trinajstić information content (AvgIpc) is 2.71. The first kappa shape index (κ1) is 11.3. The molecule has 0 amide bonds. The van der Waals surface area contributed by atoms with Gasteiger partial charge in [-0.05, 0) is 31.7 Å². The van der Waals surface area contributed by atoms with E-state index in [4.69, 9.17) is 4.52 Å². The van der Waals surface area contributed by atoms with Gasteiger partial charge in [0, 0.05) is 10.0 Å². The van der Waals surface area contributed by atoms with E-state index in [1.807, 2.05) is 32.2 Å². The van der Waals surface area contributed by atoms with Crippen LogP contribution < -0.4 is 5.32 Å². The summed E-state index contributed by atoms with van der Waals surface area (Å²) in [5.74, 6) is 1.22. The van der Waals surface area contributed by atoms with Crippen molar-refractivity contribution < 1.29 is 4.52 Å². The van der Waals surface area contributed by atoms with Gasteiger partial charge in [-0.1, -0.05) is 27.2 Å². The van der Waals surface area contributed by atoms with E-state index < -0.39 is 0 Å². The molecule has 2 aromatic rings. The van der Waals surface area contributed by atoms with Gasteiger partial charge >= 0.3 is 0 Å². The van der Waals surface area contributed by atoms with Gasteiger partial charge in [-0.15, -0.1) is 0 Å². The predicted molar refractivity (Wildman–Crippen MR) is 64.9 cm³/mol. The number of hydrogen-bond donors (Lipinski definition) is 1. The largest absolute Gasteiger partial charge is 0.334 e. The molecule has 0 saturated carbocycles. The highest BCUT2D eigenvalue weighted by Gasteiger charge is 2.11. The maximum Gasteiger partial charge on any atom is 0.258 e. The van der Waals surface area contributed by atoms with Gasteiger partial charge in [0.25, 0.3) is 5.89 Å². The molecule has 4 nitrogen and oxygen atoms in total. The highest BCUT2D eigenvalue weighted by molar-refractivity contribution is 9.10. The third kappa shape index (κ3) is 2.15. The lowest BCUT2D eigenvalue weighted by Gasteiger charge is -2.01. The van der Waals surface area contributed by atoms with E-state index in [1.165, 1.54) is 0 Å². The number of nitrogens with zero attached hydrogens (tertiary/aromatic N) is 2. The zero-order valence-electron chi connectivity index (χ0n) is 9.12. The monoisotopic (exact) mass is 281 g/mol. The molecule has 0 aliphatic rings. The molecule has 0 aliphatic carbocycles. The Morgan fingerprint density at radius 1 is 1.44 bits per heavy atom. The number of benzene rings is 1. The van der Waals surface area contributed by atoms with Crippen molar-refractivity contribution in [3.63, 3.8) is 0 Å². The second-order valence-corrected chi connectivity index (χ2v) is 4.31. The zero-order chi connectivity index (χ0) is 11.5. The summed E-state index contributed by atoms with van der Waals surface area (Å²) in [5.41, 5.74) is 2.06. The van der Waals surface area contributed by atoms with E-state index in [1.54, 1.807) is 0 Å². The summed E-state index contributed by atoms with van der Waals surface area (Å²) in [5, 5.41) is 6.87. The van der Waals surface area contributed by atoms with Crippen molar-refractivity contribution in [1.29, 1.82) is 0 Å². The summed E-state index contributed by atoms with van der Waals surface area (Å²) < 4.78 is 6.26. The van der Waals surface area contributed by atoms with Crippen molar-refractivity contribution >= 4 is 15.9 Å². The molecule has 84 valence electrons. The summed E-state index contributed by atoms with van der Waals surface area (Å²) in [4.78, 5) is 4.31.